The van der Waals surface area contributed by atoms with Gasteiger partial charge < -0.3 is 4.57 Å². The van der Waals surface area contributed by atoms with Gasteiger partial charge in [-0.15, -0.1) is 0 Å². The van der Waals surface area contributed by atoms with Gasteiger partial charge in [-0.05, 0) is 25.0 Å². The molecular weight excluding hydrogens is 200 g/mol. The van der Waals surface area contributed by atoms with Crippen LogP contribution >= 0.6 is 0 Å². The minimum atomic E-state index is 0.131. The van der Waals surface area contributed by atoms with Crippen molar-refractivity contribution in [2.24, 2.45) is 0 Å². The summed E-state index contributed by atoms with van der Waals surface area (Å²) in [6, 6.07) is 4.20. The fourth-order valence-electron chi connectivity index (χ4n) is 2.57. The summed E-state index contributed by atoms with van der Waals surface area (Å²) in [5.74, 6) is 0. The number of fused-ring (bicyclic) bond motifs is 1. The summed E-state index contributed by atoms with van der Waals surface area (Å²) in [7, 11) is 0. The molecule has 0 atom stereocenters. The highest BCUT2D eigenvalue weighted by molar-refractivity contribution is 5.80. The quantitative estimate of drug-likeness (QED) is 0.731. The molecule has 2 aromatic rings. The summed E-state index contributed by atoms with van der Waals surface area (Å²) in [6.07, 6.45) is 10.1. The van der Waals surface area contributed by atoms with Gasteiger partial charge in [-0.2, -0.15) is 0 Å². The van der Waals surface area contributed by atoms with Gasteiger partial charge in [0.05, 0.1) is 5.39 Å². The number of pyridine rings is 2. The van der Waals surface area contributed by atoms with Crippen molar-refractivity contribution in [3.8, 4) is 0 Å². The summed E-state index contributed by atoms with van der Waals surface area (Å²) in [5.41, 5.74) is 0.131. The summed E-state index contributed by atoms with van der Waals surface area (Å²) in [4.78, 5) is 16.3. The van der Waals surface area contributed by atoms with Crippen molar-refractivity contribution in [2.45, 2.75) is 31.7 Å². The molecule has 2 heterocycles. The highest BCUT2D eigenvalue weighted by Crippen LogP contribution is 2.28. The molecular formula is C13H14N2O. The normalized spacial score (nSPS) is 17.0. The van der Waals surface area contributed by atoms with E-state index in [0.29, 0.717) is 6.04 Å². The van der Waals surface area contributed by atoms with Gasteiger partial charge in [0.15, 0.2) is 0 Å². The van der Waals surface area contributed by atoms with Crippen molar-refractivity contribution in [3.05, 3.63) is 41.1 Å². The maximum Gasteiger partial charge on any atom is 0.258 e. The first-order valence-corrected chi connectivity index (χ1v) is 5.81. The Morgan fingerprint density at radius 2 is 2.06 bits per heavy atom. The van der Waals surface area contributed by atoms with E-state index in [1.807, 2.05) is 22.9 Å². The van der Waals surface area contributed by atoms with E-state index >= 15 is 0 Å². The molecule has 0 spiro atoms. The van der Waals surface area contributed by atoms with Gasteiger partial charge in [0.1, 0.15) is 0 Å². The topological polar surface area (TPSA) is 34.9 Å². The second kappa shape index (κ2) is 3.74. The molecule has 2 aromatic heterocycles. The van der Waals surface area contributed by atoms with Crippen LogP contribution in [0.4, 0.5) is 0 Å². The van der Waals surface area contributed by atoms with Crippen molar-refractivity contribution >= 4 is 10.8 Å². The zero-order chi connectivity index (χ0) is 11.0. The maximum absolute atomic E-state index is 12.3. The van der Waals surface area contributed by atoms with Gasteiger partial charge in [-0.3, -0.25) is 9.78 Å². The molecule has 1 aliphatic rings. The molecule has 1 saturated carbocycles. The summed E-state index contributed by atoms with van der Waals surface area (Å²) >= 11 is 0. The zero-order valence-corrected chi connectivity index (χ0v) is 9.10. The fraction of sp³-hybridized carbons (Fsp3) is 0.385. The van der Waals surface area contributed by atoms with Crippen LogP contribution in [0.25, 0.3) is 10.8 Å². The van der Waals surface area contributed by atoms with Crippen molar-refractivity contribution in [1.29, 1.82) is 0 Å². The van der Waals surface area contributed by atoms with E-state index in [2.05, 4.69) is 4.98 Å². The van der Waals surface area contributed by atoms with E-state index in [4.69, 9.17) is 0 Å². The lowest BCUT2D eigenvalue weighted by Crippen LogP contribution is -2.22. The van der Waals surface area contributed by atoms with Crippen LogP contribution in [-0.4, -0.2) is 9.55 Å². The Bertz CT molecular complexity index is 567. The zero-order valence-electron chi connectivity index (χ0n) is 9.10. The van der Waals surface area contributed by atoms with E-state index in [0.717, 1.165) is 23.6 Å². The third-order valence-electron chi connectivity index (χ3n) is 3.45. The van der Waals surface area contributed by atoms with Crippen LogP contribution in [0, 0.1) is 0 Å². The molecule has 3 rings (SSSR count). The molecule has 82 valence electrons. The number of hydrogen-bond acceptors (Lipinski definition) is 2. The monoisotopic (exact) mass is 214 g/mol. The minimum Gasteiger partial charge on any atom is -0.312 e. The Labute approximate surface area is 93.7 Å². The molecule has 0 N–H and O–H groups in total. The third kappa shape index (κ3) is 1.43. The molecule has 0 saturated heterocycles. The van der Waals surface area contributed by atoms with Crippen LogP contribution in [-0.2, 0) is 0 Å². The lowest BCUT2D eigenvalue weighted by molar-refractivity contribution is 0.505. The Balaban J connectivity index is 2.19. The second-order valence-electron chi connectivity index (χ2n) is 4.43. The van der Waals surface area contributed by atoms with E-state index in [1.54, 1.807) is 12.4 Å². The lowest BCUT2D eigenvalue weighted by Gasteiger charge is -2.13. The first kappa shape index (κ1) is 9.58. The molecule has 0 bridgehead atoms. The first-order valence-electron chi connectivity index (χ1n) is 5.81. The Hall–Kier alpha value is -1.64. The van der Waals surface area contributed by atoms with Crippen molar-refractivity contribution in [2.75, 3.05) is 0 Å². The lowest BCUT2D eigenvalue weighted by atomic mass is 10.2. The molecule has 0 radical (unpaired) electrons. The van der Waals surface area contributed by atoms with Crippen LogP contribution in [0.3, 0.4) is 0 Å². The van der Waals surface area contributed by atoms with E-state index in [1.165, 1.54) is 12.8 Å². The smallest absolute Gasteiger partial charge is 0.258 e. The number of aromatic nitrogens is 2. The molecule has 0 unspecified atom stereocenters. The predicted molar refractivity (Wildman–Crippen MR) is 63.5 cm³/mol. The number of rotatable bonds is 1. The highest BCUT2D eigenvalue weighted by Gasteiger charge is 2.18. The second-order valence-corrected chi connectivity index (χ2v) is 4.43. The maximum atomic E-state index is 12.3. The van der Waals surface area contributed by atoms with Crippen LogP contribution in [0.2, 0.25) is 0 Å². The van der Waals surface area contributed by atoms with E-state index in [-0.39, 0.29) is 5.56 Å². The van der Waals surface area contributed by atoms with E-state index < -0.39 is 0 Å². The van der Waals surface area contributed by atoms with Crippen molar-refractivity contribution in [1.82, 2.24) is 9.55 Å². The van der Waals surface area contributed by atoms with Gasteiger partial charge in [0.2, 0.25) is 0 Å². The van der Waals surface area contributed by atoms with Gasteiger partial charge in [0.25, 0.3) is 5.56 Å². The number of hydrogen-bond donors (Lipinski definition) is 0. The molecule has 1 aliphatic carbocycles. The summed E-state index contributed by atoms with van der Waals surface area (Å²) in [5, 5.41) is 1.71. The molecule has 16 heavy (non-hydrogen) atoms. The average Bonchev–Trinajstić information content (AvgIpc) is 2.83. The molecule has 1 fully saturated rings. The standard InChI is InChI=1S/C13H14N2O/c16-13-12-5-7-14-9-10(12)6-8-15(13)11-3-1-2-4-11/h5-9,11H,1-4H2. The van der Waals surface area contributed by atoms with Crippen molar-refractivity contribution < 1.29 is 0 Å². The van der Waals surface area contributed by atoms with Crippen molar-refractivity contribution in [3.63, 3.8) is 0 Å². The Morgan fingerprint density at radius 1 is 1.25 bits per heavy atom. The van der Waals surface area contributed by atoms with Crippen LogP contribution in [0.5, 0.6) is 0 Å². The molecule has 3 heteroatoms. The third-order valence-corrected chi connectivity index (χ3v) is 3.45. The number of nitrogens with zero attached hydrogens (tertiary/aromatic N) is 2. The minimum absolute atomic E-state index is 0.131. The SMILES string of the molecule is O=c1c2ccncc2ccn1C1CCCC1. The predicted octanol–water partition coefficient (Wildman–Crippen LogP) is 2.51. The largest absolute Gasteiger partial charge is 0.312 e. The van der Waals surface area contributed by atoms with E-state index in [9.17, 15) is 4.79 Å². The Morgan fingerprint density at radius 3 is 2.88 bits per heavy atom. The van der Waals surface area contributed by atoms with Crippen LogP contribution in [0.1, 0.15) is 31.7 Å². The molecule has 3 nitrogen and oxygen atoms in total. The van der Waals surface area contributed by atoms with Gasteiger partial charge in [-0.25, -0.2) is 0 Å². The van der Waals surface area contributed by atoms with Gasteiger partial charge >= 0.3 is 0 Å². The molecule has 0 amide bonds. The average molecular weight is 214 g/mol. The highest BCUT2D eigenvalue weighted by atomic mass is 16.1. The molecule has 0 aromatic carbocycles. The van der Waals surface area contributed by atoms with Crippen LogP contribution < -0.4 is 5.56 Å². The molecule has 0 aliphatic heterocycles. The summed E-state index contributed by atoms with van der Waals surface area (Å²) < 4.78 is 1.90. The first-order chi connectivity index (χ1) is 7.86. The fourth-order valence-corrected chi connectivity index (χ4v) is 2.57. The van der Waals surface area contributed by atoms with Gasteiger partial charge in [0, 0.05) is 30.0 Å². The Kier molecular flexibility index (Phi) is 2.24. The summed E-state index contributed by atoms with van der Waals surface area (Å²) in [6.45, 7) is 0. The van der Waals surface area contributed by atoms with Gasteiger partial charge in [-0.1, -0.05) is 12.8 Å². The van der Waals surface area contributed by atoms with Crippen LogP contribution in [0.15, 0.2) is 35.5 Å².